The van der Waals surface area contributed by atoms with Crippen molar-refractivity contribution in [3.8, 4) is 11.5 Å². The topological polar surface area (TPSA) is 71.0 Å². The normalized spacial score (nSPS) is 13.3. The lowest BCUT2D eigenvalue weighted by atomic mass is 10.1. The predicted octanol–water partition coefficient (Wildman–Crippen LogP) is 4.50. The van der Waals surface area contributed by atoms with Crippen LogP contribution < -0.4 is 19.3 Å². The van der Waals surface area contributed by atoms with Gasteiger partial charge in [0.05, 0.1) is 26.5 Å². The van der Waals surface area contributed by atoms with Gasteiger partial charge in [-0.2, -0.15) is 4.37 Å². The van der Waals surface area contributed by atoms with Gasteiger partial charge in [-0.3, -0.25) is 4.79 Å². The molecule has 9 heteroatoms. The van der Waals surface area contributed by atoms with Crippen LogP contribution in [0.2, 0.25) is 0 Å². The molecule has 0 saturated carbocycles. The quantitative estimate of drug-likeness (QED) is 0.292. The summed E-state index contributed by atoms with van der Waals surface area (Å²) in [5, 5.41) is 0.748. The van der Waals surface area contributed by atoms with Crippen LogP contribution >= 0.6 is 11.5 Å². The third kappa shape index (κ3) is 6.67. The summed E-state index contributed by atoms with van der Waals surface area (Å²) in [6, 6.07) is 26.1. The maximum atomic E-state index is 13.5. The van der Waals surface area contributed by atoms with Gasteiger partial charge in [0.15, 0.2) is 0 Å². The van der Waals surface area contributed by atoms with E-state index < -0.39 is 0 Å². The van der Waals surface area contributed by atoms with Crippen molar-refractivity contribution in [2.75, 3.05) is 56.7 Å². The molecular formula is C30H33N5O3S. The first-order chi connectivity index (χ1) is 19.1. The standard InChI is InChI=1S/C30H33N5O3S/c1-37-25-12-8-11-24(19-25)20-28-31-30(39-32-28)35(21-23-9-4-3-5-10-23)22-29(36)34-17-15-33(16-18-34)26-13-6-7-14-27(26)38-2/h3-14,19H,15-18,20-22H2,1-2H3. The van der Waals surface area contributed by atoms with Gasteiger partial charge in [-0.1, -0.05) is 54.6 Å². The summed E-state index contributed by atoms with van der Waals surface area (Å²) in [5.41, 5.74) is 3.27. The summed E-state index contributed by atoms with van der Waals surface area (Å²) in [5.74, 6) is 2.49. The highest BCUT2D eigenvalue weighted by atomic mass is 32.1. The van der Waals surface area contributed by atoms with Crippen molar-refractivity contribution in [3.05, 3.63) is 95.8 Å². The zero-order valence-electron chi connectivity index (χ0n) is 22.3. The second-order valence-corrected chi connectivity index (χ2v) is 10.1. The van der Waals surface area contributed by atoms with E-state index in [9.17, 15) is 4.79 Å². The molecule has 0 N–H and O–H groups in total. The number of methoxy groups -OCH3 is 2. The van der Waals surface area contributed by atoms with Gasteiger partial charge in [-0.25, -0.2) is 4.98 Å². The molecule has 0 bridgehead atoms. The Kier molecular flexibility index (Phi) is 8.58. The van der Waals surface area contributed by atoms with Crippen molar-refractivity contribution in [2.45, 2.75) is 13.0 Å². The largest absolute Gasteiger partial charge is 0.497 e. The number of benzene rings is 3. The Morgan fingerprint density at radius 1 is 0.897 bits per heavy atom. The van der Waals surface area contributed by atoms with Crippen molar-refractivity contribution in [1.29, 1.82) is 0 Å². The Morgan fingerprint density at radius 3 is 2.41 bits per heavy atom. The lowest BCUT2D eigenvalue weighted by Crippen LogP contribution is -2.51. The van der Waals surface area contributed by atoms with Crippen molar-refractivity contribution in [1.82, 2.24) is 14.3 Å². The average molecular weight is 544 g/mol. The Balaban J connectivity index is 1.27. The second kappa shape index (κ2) is 12.6. The van der Waals surface area contributed by atoms with E-state index in [-0.39, 0.29) is 12.5 Å². The Labute approximate surface area is 233 Å². The summed E-state index contributed by atoms with van der Waals surface area (Å²) >= 11 is 1.34. The number of amides is 1. The van der Waals surface area contributed by atoms with E-state index in [0.29, 0.717) is 26.1 Å². The highest BCUT2D eigenvalue weighted by Crippen LogP contribution is 2.28. The summed E-state index contributed by atoms with van der Waals surface area (Å²) in [6.07, 6.45) is 0.603. The van der Waals surface area contributed by atoms with Crippen molar-refractivity contribution in [3.63, 3.8) is 0 Å². The Bertz CT molecular complexity index is 1370. The molecule has 0 spiro atoms. The number of para-hydroxylation sites is 2. The van der Waals surface area contributed by atoms with Crippen LogP contribution in [0.15, 0.2) is 78.9 Å². The number of aromatic nitrogens is 2. The smallest absolute Gasteiger partial charge is 0.242 e. The maximum Gasteiger partial charge on any atom is 0.242 e. The molecule has 0 radical (unpaired) electrons. The molecule has 0 aliphatic carbocycles. The highest BCUT2D eigenvalue weighted by Gasteiger charge is 2.25. The number of hydrogen-bond acceptors (Lipinski definition) is 8. The maximum absolute atomic E-state index is 13.5. The van der Waals surface area contributed by atoms with E-state index >= 15 is 0 Å². The van der Waals surface area contributed by atoms with Crippen LogP contribution in [0.3, 0.4) is 0 Å². The number of piperazine rings is 1. The first-order valence-electron chi connectivity index (χ1n) is 13.0. The third-order valence-corrected chi connectivity index (χ3v) is 7.64. The molecule has 4 aromatic rings. The number of anilines is 2. The molecule has 39 heavy (non-hydrogen) atoms. The molecular weight excluding hydrogens is 510 g/mol. The average Bonchev–Trinajstić information content (AvgIpc) is 3.46. The minimum atomic E-state index is 0.0927. The highest BCUT2D eigenvalue weighted by molar-refractivity contribution is 7.09. The fourth-order valence-corrected chi connectivity index (χ4v) is 5.44. The van der Waals surface area contributed by atoms with Gasteiger partial charge >= 0.3 is 0 Å². The minimum absolute atomic E-state index is 0.0927. The van der Waals surface area contributed by atoms with E-state index in [1.165, 1.54) is 11.5 Å². The van der Waals surface area contributed by atoms with Gasteiger partial charge in [0, 0.05) is 50.7 Å². The van der Waals surface area contributed by atoms with Gasteiger partial charge in [0.2, 0.25) is 11.0 Å². The number of carbonyl (C=O) groups excluding carboxylic acids is 1. The summed E-state index contributed by atoms with van der Waals surface area (Å²) in [7, 11) is 3.35. The van der Waals surface area contributed by atoms with Crippen molar-refractivity contribution in [2.24, 2.45) is 0 Å². The van der Waals surface area contributed by atoms with E-state index in [2.05, 4.69) is 27.5 Å². The number of carbonyl (C=O) groups is 1. The molecule has 1 amide bonds. The zero-order chi connectivity index (χ0) is 27.0. The van der Waals surface area contributed by atoms with E-state index in [1.807, 2.05) is 70.5 Å². The molecule has 0 unspecified atom stereocenters. The summed E-state index contributed by atoms with van der Waals surface area (Å²) < 4.78 is 15.5. The van der Waals surface area contributed by atoms with Crippen LogP contribution in [0, 0.1) is 0 Å². The molecule has 3 aromatic carbocycles. The molecule has 1 aromatic heterocycles. The molecule has 1 aliphatic rings. The first-order valence-corrected chi connectivity index (χ1v) is 13.8. The summed E-state index contributed by atoms with van der Waals surface area (Å²) in [4.78, 5) is 24.6. The van der Waals surface area contributed by atoms with Crippen LogP contribution in [-0.2, 0) is 17.8 Å². The molecule has 8 nitrogen and oxygen atoms in total. The molecule has 1 fully saturated rings. The molecule has 2 heterocycles. The predicted molar refractivity (Wildman–Crippen MR) is 155 cm³/mol. The molecule has 5 rings (SSSR count). The van der Waals surface area contributed by atoms with Crippen molar-refractivity contribution >= 4 is 28.3 Å². The first kappa shape index (κ1) is 26.5. The third-order valence-electron chi connectivity index (χ3n) is 6.82. The number of ether oxygens (including phenoxy) is 2. The minimum Gasteiger partial charge on any atom is -0.497 e. The second-order valence-electron chi connectivity index (χ2n) is 9.40. The van der Waals surface area contributed by atoms with Crippen LogP contribution in [-0.4, -0.2) is 67.1 Å². The van der Waals surface area contributed by atoms with Crippen LogP contribution in [0.25, 0.3) is 0 Å². The number of hydrogen-bond donors (Lipinski definition) is 0. The van der Waals surface area contributed by atoms with Gasteiger partial charge < -0.3 is 24.2 Å². The SMILES string of the molecule is COc1cccc(Cc2nsc(N(CC(=O)N3CCN(c4ccccc4OC)CC3)Cc3ccccc3)n2)c1. The fraction of sp³-hybridized carbons (Fsp3) is 0.300. The van der Waals surface area contributed by atoms with Gasteiger partial charge in [0.1, 0.15) is 17.3 Å². The summed E-state index contributed by atoms with van der Waals surface area (Å²) in [6.45, 7) is 3.67. The van der Waals surface area contributed by atoms with E-state index in [1.54, 1.807) is 14.2 Å². The Hall–Kier alpha value is -4.11. The number of nitrogens with zero attached hydrogens (tertiary/aromatic N) is 5. The lowest BCUT2D eigenvalue weighted by Gasteiger charge is -2.37. The molecule has 0 atom stereocenters. The van der Waals surface area contributed by atoms with E-state index in [0.717, 1.165) is 52.4 Å². The monoisotopic (exact) mass is 543 g/mol. The van der Waals surface area contributed by atoms with E-state index in [4.69, 9.17) is 14.5 Å². The molecule has 202 valence electrons. The lowest BCUT2D eigenvalue weighted by molar-refractivity contribution is -0.130. The van der Waals surface area contributed by atoms with Crippen molar-refractivity contribution < 1.29 is 14.3 Å². The zero-order valence-corrected chi connectivity index (χ0v) is 23.1. The molecule has 1 aliphatic heterocycles. The van der Waals surface area contributed by atoms with Crippen LogP contribution in [0.1, 0.15) is 17.0 Å². The Morgan fingerprint density at radius 2 is 1.64 bits per heavy atom. The fourth-order valence-electron chi connectivity index (χ4n) is 4.76. The van der Waals surface area contributed by atoms with Gasteiger partial charge in [-0.15, -0.1) is 0 Å². The molecule has 1 saturated heterocycles. The van der Waals surface area contributed by atoms with Crippen LogP contribution in [0.4, 0.5) is 10.8 Å². The van der Waals surface area contributed by atoms with Gasteiger partial charge in [-0.05, 0) is 35.4 Å². The van der Waals surface area contributed by atoms with Gasteiger partial charge in [0.25, 0.3) is 0 Å². The number of rotatable bonds is 10. The van der Waals surface area contributed by atoms with Crippen LogP contribution in [0.5, 0.6) is 11.5 Å².